The Balaban J connectivity index is 2.89. The van der Waals surface area contributed by atoms with Crippen LogP contribution in [-0.2, 0) is 0 Å². The lowest BCUT2D eigenvalue weighted by molar-refractivity contribution is 0.0727. The van der Waals surface area contributed by atoms with Crippen LogP contribution in [0.5, 0.6) is 0 Å². The van der Waals surface area contributed by atoms with Crippen LogP contribution in [0, 0.1) is 5.92 Å². The second kappa shape index (κ2) is 6.18. The van der Waals surface area contributed by atoms with Crippen LogP contribution >= 0.6 is 15.9 Å². The quantitative estimate of drug-likeness (QED) is 0.929. The predicted molar refractivity (Wildman–Crippen MR) is 77.4 cm³/mol. The van der Waals surface area contributed by atoms with E-state index in [0.29, 0.717) is 21.8 Å². The number of anilines is 1. The topological polar surface area (TPSA) is 59.2 Å². The van der Waals surface area contributed by atoms with Crippen molar-refractivity contribution >= 4 is 27.7 Å². The van der Waals surface area contributed by atoms with Crippen LogP contribution < -0.4 is 5.73 Å². The largest absolute Gasteiger partial charge is 0.384 e. The number of carbonyl (C=O) groups excluding carboxylic acids is 1. The van der Waals surface area contributed by atoms with Gasteiger partial charge in [0.05, 0.1) is 5.56 Å². The van der Waals surface area contributed by atoms with E-state index in [1.54, 1.807) is 17.2 Å². The number of nitrogens with zero attached hydrogens (tertiary/aromatic N) is 2. The summed E-state index contributed by atoms with van der Waals surface area (Å²) in [4.78, 5) is 18.0. The number of hydrogen-bond donors (Lipinski definition) is 1. The van der Waals surface area contributed by atoms with Crippen molar-refractivity contribution in [1.29, 1.82) is 0 Å². The second-order valence-electron chi connectivity index (χ2n) is 4.98. The minimum atomic E-state index is -0.0378. The first-order valence-corrected chi connectivity index (χ1v) is 6.80. The molecule has 2 N–H and O–H groups in total. The van der Waals surface area contributed by atoms with Crippen molar-refractivity contribution in [2.24, 2.45) is 5.92 Å². The van der Waals surface area contributed by atoms with Crippen molar-refractivity contribution in [1.82, 2.24) is 9.88 Å². The van der Waals surface area contributed by atoms with Gasteiger partial charge in [0.15, 0.2) is 0 Å². The van der Waals surface area contributed by atoms with E-state index in [0.717, 1.165) is 6.42 Å². The van der Waals surface area contributed by atoms with Gasteiger partial charge in [-0.3, -0.25) is 4.79 Å². The number of pyridine rings is 1. The first kappa shape index (κ1) is 15.0. The van der Waals surface area contributed by atoms with Gasteiger partial charge in [0.1, 0.15) is 5.82 Å². The Kier molecular flexibility index (Phi) is 5.14. The van der Waals surface area contributed by atoms with Crippen LogP contribution in [0.4, 0.5) is 5.82 Å². The maximum atomic E-state index is 12.4. The minimum absolute atomic E-state index is 0.0378. The summed E-state index contributed by atoms with van der Waals surface area (Å²) in [7, 11) is 1.82. The number of halogens is 1. The molecule has 1 aromatic heterocycles. The SMILES string of the molecule is CC(C)CC(C)N(C)C(=O)c1cc(N)ncc1Br. The van der Waals surface area contributed by atoms with Gasteiger partial charge in [0.25, 0.3) is 5.91 Å². The van der Waals surface area contributed by atoms with Gasteiger partial charge in [0.2, 0.25) is 0 Å². The third-order valence-corrected chi connectivity index (χ3v) is 3.53. The molecule has 18 heavy (non-hydrogen) atoms. The van der Waals surface area contributed by atoms with E-state index < -0.39 is 0 Å². The molecule has 0 aliphatic rings. The molecule has 0 aromatic carbocycles. The fourth-order valence-electron chi connectivity index (χ4n) is 1.85. The molecule has 0 saturated carbocycles. The van der Waals surface area contributed by atoms with E-state index in [1.165, 1.54) is 0 Å². The smallest absolute Gasteiger partial charge is 0.255 e. The third kappa shape index (κ3) is 3.70. The summed E-state index contributed by atoms with van der Waals surface area (Å²) in [5, 5.41) is 0. The zero-order valence-corrected chi connectivity index (χ0v) is 12.9. The second-order valence-corrected chi connectivity index (χ2v) is 5.84. The number of aromatic nitrogens is 1. The molecule has 1 rings (SSSR count). The Bertz CT molecular complexity index is 434. The first-order chi connectivity index (χ1) is 8.32. The molecule has 5 heteroatoms. The lowest BCUT2D eigenvalue weighted by Crippen LogP contribution is -2.36. The molecule has 0 bridgehead atoms. The van der Waals surface area contributed by atoms with Crippen LogP contribution in [0.1, 0.15) is 37.6 Å². The number of carbonyl (C=O) groups is 1. The average Bonchev–Trinajstić information content (AvgIpc) is 2.29. The van der Waals surface area contributed by atoms with Gasteiger partial charge in [-0.15, -0.1) is 0 Å². The average molecular weight is 314 g/mol. The van der Waals surface area contributed by atoms with Crippen molar-refractivity contribution in [2.75, 3.05) is 12.8 Å². The van der Waals surface area contributed by atoms with Crippen molar-refractivity contribution in [3.8, 4) is 0 Å². The normalized spacial score (nSPS) is 12.6. The van der Waals surface area contributed by atoms with E-state index in [4.69, 9.17) is 5.73 Å². The maximum absolute atomic E-state index is 12.4. The maximum Gasteiger partial charge on any atom is 0.255 e. The summed E-state index contributed by atoms with van der Waals surface area (Å²) >= 11 is 3.33. The van der Waals surface area contributed by atoms with E-state index >= 15 is 0 Å². The van der Waals surface area contributed by atoms with Crippen molar-refractivity contribution in [3.05, 3.63) is 22.3 Å². The molecule has 0 spiro atoms. The fraction of sp³-hybridized carbons (Fsp3) is 0.538. The van der Waals surface area contributed by atoms with Gasteiger partial charge in [0, 0.05) is 23.8 Å². The fourth-order valence-corrected chi connectivity index (χ4v) is 2.24. The molecule has 100 valence electrons. The molecule has 0 saturated heterocycles. The molecule has 1 heterocycles. The van der Waals surface area contributed by atoms with E-state index in [2.05, 4.69) is 41.7 Å². The molecule has 1 atom stereocenters. The molecule has 1 aromatic rings. The summed E-state index contributed by atoms with van der Waals surface area (Å²) < 4.78 is 0.672. The summed E-state index contributed by atoms with van der Waals surface area (Å²) in [5.74, 6) is 0.872. The Morgan fingerprint density at radius 1 is 1.50 bits per heavy atom. The summed E-state index contributed by atoms with van der Waals surface area (Å²) in [6.07, 6.45) is 2.53. The summed E-state index contributed by atoms with van der Waals surface area (Å²) in [5.41, 5.74) is 6.18. The zero-order chi connectivity index (χ0) is 13.9. The summed E-state index contributed by atoms with van der Waals surface area (Å²) in [6.45, 7) is 6.35. The number of amides is 1. The highest BCUT2D eigenvalue weighted by Gasteiger charge is 2.20. The van der Waals surface area contributed by atoms with Gasteiger partial charge in [-0.1, -0.05) is 13.8 Å². The lowest BCUT2D eigenvalue weighted by atomic mass is 10.0. The zero-order valence-electron chi connectivity index (χ0n) is 11.3. The third-order valence-electron chi connectivity index (χ3n) is 2.90. The van der Waals surface area contributed by atoms with Gasteiger partial charge in [-0.05, 0) is 41.3 Å². The highest BCUT2D eigenvalue weighted by atomic mass is 79.9. The van der Waals surface area contributed by atoms with Crippen LogP contribution in [0.2, 0.25) is 0 Å². The van der Waals surface area contributed by atoms with Gasteiger partial charge < -0.3 is 10.6 Å². The number of rotatable bonds is 4. The van der Waals surface area contributed by atoms with Gasteiger partial charge in [-0.25, -0.2) is 4.98 Å². The highest BCUT2D eigenvalue weighted by Crippen LogP contribution is 2.21. The van der Waals surface area contributed by atoms with E-state index in [1.807, 2.05) is 7.05 Å². The van der Waals surface area contributed by atoms with E-state index in [-0.39, 0.29) is 11.9 Å². The Morgan fingerprint density at radius 3 is 2.67 bits per heavy atom. The minimum Gasteiger partial charge on any atom is -0.384 e. The first-order valence-electron chi connectivity index (χ1n) is 6.01. The molecule has 0 radical (unpaired) electrons. The lowest BCUT2D eigenvalue weighted by Gasteiger charge is -2.26. The number of nitrogen functional groups attached to an aromatic ring is 1. The Hall–Kier alpha value is -1.10. The molecule has 0 aliphatic carbocycles. The predicted octanol–water partition coefficient (Wildman–Crippen LogP) is 2.93. The molecule has 0 aliphatic heterocycles. The summed E-state index contributed by atoms with van der Waals surface area (Å²) in [6, 6.07) is 1.80. The number of nitrogens with two attached hydrogens (primary N) is 1. The van der Waals surface area contributed by atoms with Crippen molar-refractivity contribution in [3.63, 3.8) is 0 Å². The molecular formula is C13H20BrN3O. The van der Waals surface area contributed by atoms with Crippen LogP contribution in [0.25, 0.3) is 0 Å². The molecule has 0 fully saturated rings. The molecule has 1 unspecified atom stereocenters. The number of hydrogen-bond acceptors (Lipinski definition) is 3. The highest BCUT2D eigenvalue weighted by molar-refractivity contribution is 9.10. The standard InChI is InChI=1S/C13H20BrN3O/c1-8(2)5-9(3)17(4)13(18)10-6-12(15)16-7-11(10)14/h6-9H,5H2,1-4H3,(H2,15,16). The van der Waals surface area contributed by atoms with Crippen molar-refractivity contribution in [2.45, 2.75) is 33.2 Å². The Labute approximate surface area is 117 Å². The molecule has 1 amide bonds. The Morgan fingerprint density at radius 2 is 2.11 bits per heavy atom. The van der Waals surface area contributed by atoms with Crippen LogP contribution in [0.3, 0.4) is 0 Å². The van der Waals surface area contributed by atoms with E-state index in [9.17, 15) is 4.79 Å². The van der Waals surface area contributed by atoms with Crippen molar-refractivity contribution < 1.29 is 4.79 Å². The van der Waals surface area contributed by atoms with Crippen LogP contribution in [0.15, 0.2) is 16.7 Å². The van der Waals surface area contributed by atoms with Crippen LogP contribution in [-0.4, -0.2) is 28.9 Å². The van der Waals surface area contributed by atoms with Gasteiger partial charge >= 0.3 is 0 Å². The molecule has 4 nitrogen and oxygen atoms in total. The van der Waals surface area contributed by atoms with Gasteiger partial charge in [-0.2, -0.15) is 0 Å². The molecular weight excluding hydrogens is 294 g/mol. The monoisotopic (exact) mass is 313 g/mol.